The van der Waals surface area contributed by atoms with Crippen molar-refractivity contribution >= 4 is 40.6 Å². The Morgan fingerprint density at radius 1 is 1.11 bits per heavy atom. The van der Waals surface area contributed by atoms with Gasteiger partial charge in [0.05, 0.1) is 19.0 Å². The maximum absolute atomic E-state index is 13.2. The first-order valence-electron chi connectivity index (χ1n) is 11.8. The van der Waals surface area contributed by atoms with Gasteiger partial charge < -0.3 is 14.2 Å². The highest BCUT2D eigenvalue weighted by Gasteiger charge is 2.39. The highest BCUT2D eigenvalue weighted by atomic mass is 32.2. The van der Waals surface area contributed by atoms with Crippen molar-refractivity contribution in [3.05, 3.63) is 102 Å². The molecule has 1 saturated heterocycles. The molecular weight excluding hydrogens is 507 g/mol. The normalized spacial score (nSPS) is 16.6. The molecule has 1 N–H and O–H groups in total. The molecule has 192 valence electrons. The van der Waals surface area contributed by atoms with E-state index in [0.29, 0.717) is 28.1 Å². The van der Waals surface area contributed by atoms with Gasteiger partial charge in [-0.3, -0.25) is 14.5 Å². The molecule has 1 aliphatic heterocycles. The van der Waals surface area contributed by atoms with Crippen molar-refractivity contribution in [3.63, 3.8) is 0 Å². The van der Waals surface area contributed by atoms with Gasteiger partial charge in [-0.2, -0.15) is 5.10 Å². The highest BCUT2D eigenvalue weighted by Crippen LogP contribution is 2.31. The summed E-state index contributed by atoms with van der Waals surface area (Å²) >= 11 is 1.17. The van der Waals surface area contributed by atoms with Crippen LogP contribution in [0.15, 0.2) is 98.1 Å². The number of anilines is 1. The van der Waals surface area contributed by atoms with Gasteiger partial charge >= 0.3 is 0 Å². The Hall–Kier alpha value is -4.44. The molecule has 0 spiro atoms. The zero-order valence-corrected chi connectivity index (χ0v) is 21.2. The van der Waals surface area contributed by atoms with E-state index < -0.39 is 5.25 Å². The van der Waals surface area contributed by atoms with E-state index in [-0.39, 0.29) is 30.6 Å². The summed E-state index contributed by atoms with van der Waals surface area (Å²) in [7, 11) is 0. The van der Waals surface area contributed by atoms with Crippen molar-refractivity contribution in [2.24, 2.45) is 10.2 Å². The fraction of sp³-hybridized carbons (Fsp3) is 0.143. The number of amidine groups is 1. The van der Waals surface area contributed by atoms with Gasteiger partial charge in [0.1, 0.15) is 28.3 Å². The van der Waals surface area contributed by atoms with E-state index in [9.17, 15) is 14.0 Å². The van der Waals surface area contributed by atoms with Crippen LogP contribution in [0.5, 0.6) is 0 Å². The van der Waals surface area contributed by atoms with E-state index in [4.69, 9.17) is 8.83 Å². The zero-order valence-electron chi connectivity index (χ0n) is 20.3. The number of benzene rings is 2. The predicted octanol–water partition coefficient (Wildman–Crippen LogP) is 5.85. The number of hydrogen-bond donors (Lipinski definition) is 1. The minimum Gasteiger partial charge on any atom is -0.467 e. The number of furan rings is 2. The summed E-state index contributed by atoms with van der Waals surface area (Å²) in [5.41, 5.74) is 2.48. The van der Waals surface area contributed by atoms with Gasteiger partial charge in [0.2, 0.25) is 11.8 Å². The van der Waals surface area contributed by atoms with E-state index in [1.54, 1.807) is 36.4 Å². The van der Waals surface area contributed by atoms with Gasteiger partial charge in [-0.05, 0) is 67.6 Å². The van der Waals surface area contributed by atoms with Crippen molar-refractivity contribution in [1.29, 1.82) is 0 Å². The Bertz CT molecular complexity index is 1480. The van der Waals surface area contributed by atoms with E-state index in [1.165, 1.54) is 41.3 Å². The molecule has 5 rings (SSSR count). The highest BCUT2D eigenvalue weighted by molar-refractivity contribution is 8.15. The van der Waals surface area contributed by atoms with Gasteiger partial charge in [-0.15, -0.1) is 5.10 Å². The molecule has 0 bridgehead atoms. The van der Waals surface area contributed by atoms with Crippen LogP contribution in [0, 0.1) is 12.7 Å². The number of carbonyl (C=O) groups is 2. The third-order valence-corrected chi connectivity index (χ3v) is 6.87. The van der Waals surface area contributed by atoms with Crippen LogP contribution in [0.25, 0.3) is 11.3 Å². The third-order valence-electron chi connectivity index (χ3n) is 5.70. The Kier molecular flexibility index (Phi) is 7.50. The van der Waals surface area contributed by atoms with Crippen molar-refractivity contribution < 1.29 is 22.8 Å². The van der Waals surface area contributed by atoms with E-state index >= 15 is 0 Å². The number of aryl methyl sites for hydroxylation is 1. The molecule has 0 radical (unpaired) electrons. The summed E-state index contributed by atoms with van der Waals surface area (Å²) in [6.45, 7) is 2.13. The lowest BCUT2D eigenvalue weighted by Crippen LogP contribution is -2.33. The summed E-state index contributed by atoms with van der Waals surface area (Å²) in [5.74, 6) is 0.725. The average molecular weight is 531 g/mol. The van der Waals surface area contributed by atoms with Crippen molar-refractivity contribution in [2.45, 2.75) is 25.1 Å². The minimum absolute atomic E-state index is 0.0199. The lowest BCUT2D eigenvalue weighted by molar-refractivity contribution is -0.128. The van der Waals surface area contributed by atoms with Crippen LogP contribution in [0.3, 0.4) is 0 Å². The molecule has 10 heteroatoms. The average Bonchev–Trinajstić information content (AvgIpc) is 3.65. The van der Waals surface area contributed by atoms with Gasteiger partial charge in [0, 0.05) is 17.7 Å². The fourth-order valence-electron chi connectivity index (χ4n) is 3.76. The van der Waals surface area contributed by atoms with Crippen LogP contribution in [0.2, 0.25) is 0 Å². The number of amides is 2. The molecule has 3 heterocycles. The molecule has 0 aliphatic carbocycles. The topological polar surface area (TPSA) is 100 Å². The van der Waals surface area contributed by atoms with Crippen LogP contribution in [0.1, 0.15) is 23.5 Å². The summed E-state index contributed by atoms with van der Waals surface area (Å²) in [4.78, 5) is 27.3. The number of carbonyl (C=O) groups excluding carboxylic acids is 2. The molecule has 8 nitrogen and oxygen atoms in total. The zero-order chi connectivity index (χ0) is 26.5. The summed E-state index contributed by atoms with van der Waals surface area (Å²) in [6, 6.07) is 20.4. The standard InChI is InChI=1S/C28H23FN4O4S/c1-18-4-10-21(11-5-18)31-26(34)15-25-27(35)33(17-23-3-2-14-36-23)28(38-25)32-30-16-22-12-13-24(37-22)19-6-8-20(29)9-7-19/h2-14,16,25H,15,17H2,1H3,(H,31,34)/b30-16+,32-28-. The quantitative estimate of drug-likeness (QED) is 0.228. The first-order valence-corrected chi connectivity index (χ1v) is 12.7. The van der Waals surface area contributed by atoms with E-state index in [2.05, 4.69) is 15.5 Å². The second-order valence-corrected chi connectivity index (χ2v) is 9.73. The second-order valence-electron chi connectivity index (χ2n) is 8.56. The fourth-order valence-corrected chi connectivity index (χ4v) is 4.86. The maximum Gasteiger partial charge on any atom is 0.243 e. The number of rotatable bonds is 8. The van der Waals surface area contributed by atoms with Crippen LogP contribution in [0.4, 0.5) is 10.1 Å². The summed E-state index contributed by atoms with van der Waals surface area (Å²) in [6.07, 6.45) is 2.93. The number of nitrogens with zero attached hydrogens (tertiary/aromatic N) is 3. The van der Waals surface area contributed by atoms with Crippen LogP contribution in [-0.4, -0.2) is 33.3 Å². The third kappa shape index (κ3) is 6.09. The lowest BCUT2D eigenvalue weighted by atomic mass is 10.2. The van der Waals surface area contributed by atoms with Gasteiger partial charge in [-0.25, -0.2) is 4.39 Å². The van der Waals surface area contributed by atoms with Gasteiger partial charge in [0.15, 0.2) is 5.17 Å². The van der Waals surface area contributed by atoms with Crippen LogP contribution >= 0.6 is 11.8 Å². The Balaban J connectivity index is 1.29. The first-order chi connectivity index (χ1) is 18.4. The Morgan fingerprint density at radius 3 is 2.63 bits per heavy atom. The molecule has 1 atom stereocenters. The molecule has 2 amide bonds. The van der Waals surface area contributed by atoms with E-state index in [0.717, 1.165) is 11.1 Å². The minimum atomic E-state index is -0.655. The van der Waals surface area contributed by atoms with Crippen molar-refractivity contribution in [3.8, 4) is 11.3 Å². The molecule has 2 aromatic heterocycles. The monoisotopic (exact) mass is 530 g/mol. The van der Waals surface area contributed by atoms with Crippen molar-refractivity contribution in [2.75, 3.05) is 5.32 Å². The van der Waals surface area contributed by atoms with Gasteiger partial charge in [0.25, 0.3) is 0 Å². The number of nitrogens with one attached hydrogen (secondary N) is 1. The predicted molar refractivity (Wildman–Crippen MR) is 144 cm³/mol. The molecule has 38 heavy (non-hydrogen) atoms. The van der Waals surface area contributed by atoms with Crippen LogP contribution in [-0.2, 0) is 16.1 Å². The first kappa shape index (κ1) is 25.2. The second kappa shape index (κ2) is 11.3. The number of thioether (sulfide) groups is 1. The smallest absolute Gasteiger partial charge is 0.243 e. The number of hydrogen-bond acceptors (Lipinski definition) is 7. The van der Waals surface area contributed by atoms with Crippen LogP contribution < -0.4 is 5.32 Å². The molecule has 1 aliphatic rings. The molecule has 2 aromatic carbocycles. The SMILES string of the molecule is Cc1ccc(NC(=O)CC2S/C(=N\N=C\c3ccc(-c4ccc(F)cc4)o3)N(Cc3ccco3)C2=O)cc1. The van der Waals surface area contributed by atoms with Crippen molar-refractivity contribution in [1.82, 2.24) is 4.90 Å². The summed E-state index contributed by atoms with van der Waals surface area (Å²) < 4.78 is 24.3. The number of halogens is 1. The Morgan fingerprint density at radius 2 is 1.89 bits per heavy atom. The maximum atomic E-state index is 13.2. The van der Waals surface area contributed by atoms with Gasteiger partial charge in [-0.1, -0.05) is 29.5 Å². The molecular formula is C28H23FN4O4S. The lowest BCUT2D eigenvalue weighted by Gasteiger charge is -2.14. The summed E-state index contributed by atoms with van der Waals surface area (Å²) in [5, 5.41) is 10.9. The molecule has 4 aromatic rings. The molecule has 1 fully saturated rings. The largest absolute Gasteiger partial charge is 0.467 e. The van der Waals surface area contributed by atoms with E-state index in [1.807, 2.05) is 31.2 Å². The molecule has 1 unspecified atom stereocenters. The Labute approximate surface area is 222 Å². The molecule has 0 saturated carbocycles.